The number of carbonyl (C=O) groups is 2. The van der Waals surface area contributed by atoms with Gasteiger partial charge in [-0.3, -0.25) is 0 Å². The molecular weight excluding hydrogens is 304 g/mol. The first-order valence-electron chi connectivity index (χ1n) is 9.07. The van der Waals surface area contributed by atoms with E-state index < -0.39 is 0 Å². The molecule has 0 fully saturated rings. The van der Waals surface area contributed by atoms with E-state index in [0.29, 0.717) is 11.1 Å². The van der Waals surface area contributed by atoms with Crippen LogP contribution in [0, 0.1) is 0 Å². The van der Waals surface area contributed by atoms with Gasteiger partial charge in [-0.1, -0.05) is 46.6 Å². The molecule has 0 aliphatic carbocycles. The van der Waals surface area contributed by atoms with Crippen molar-refractivity contribution < 1.29 is 19.1 Å². The number of esters is 2. The molecule has 0 saturated heterocycles. The predicted octanol–water partition coefficient (Wildman–Crippen LogP) is 5.16. The van der Waals surface area contributed by atoms with Gasteiger partial charge in [0.25, 0.3) is 0 Å². The monoisotopic (exact) mass is 334 g/mol. The Morgan fingerprint density at radius 3 is 1.58 bits per heavy atom. The zero-order chi connectivity index (χ0) is 17.9. The standard InChI is InChI=1S/C20H30O4/c1-5-10-17(7-3)23-19(21)15-12-9-13-16(14-15)20(22)24-18(8-4)11-6-2/h9,12-14,17-18H,5-8,10-11H2,1-4H3. The molecule has 0 bridgehead atoms. The highest BCUT2D eigenvalue weighted by atomic mass is 16.5. The van der Waals surface area contributed by atoms with Crippen molar-refractivity contribution >= 4 is 11.9 Å². The third-order valence-electron chi connectivity index (χ3n) is 4.01. The maximum absolute atomic E-state index is 12.3. The summed E-state index contributed by atoms with van der Waals surface area (Å²) in [6, 6.07) is 6.58. The Labute approximate surface area is 145 Å². The number of carbonyl (C=O) groups excluding carboxylic acids is 2. The van der Waals surface area contributed by atoms with Crippen LogP contribution in [0.15, 0.2) is 24.3 Å². The van der Waals surface area contributed by atoms with Gasteiger partial charge in [0.15, 0.2) is 0 Å². The SMILES string of the molecule is CCCC(CC)OC(=O)c1cccc(C(=O)OC(CC)CCC)c1. The molecule has 0 aliphatic heterocycles. The largest absolute Gasteiger partial charge is 0.459 e. The molecule has 0 aliphatic rings. The molecule has 0 N–H and O–H groups in total. The second kappa shape index (κ2) is 10.8. The van der Waals surface area contributed by atoms with Gasteiger partial charge in [-0.15, -0.1) is 0 Å². The van der Waals surface area contributed by atoms with E-state index in [-0.39, 0.29) is 24.1 Å². The van der Waals surface area contributed by atoms with Gasteiger partial charge in [0.1, 0.15) is 12.2 Å². The van der Waals surface area contributed by atoms with Gasteiger partial charge in [-0.25, -0.2) is 9.59 Å². The number of ether oxygens (including phenoxy) is 2. The van der Waals surface area contributed by atoms with Crippen molar-refractivity contribution in [2.45, 2.75) is 78.4 Å². The second-order valence-corrected chi connectivity index (χ2v) is 6.03. The molecule has 0 aromatic heterocycles. The average molecular weight is 334 g/mol. The van der Waals surface area contributed by atoms with E-state index in [1.807, 2.05) is 13.8 Å². The zero-order valence-electron chi connectivity index (χ0n) is 15.3. The van der Waals surface area contributed by atoms with Crippen molar-refractivity contribution in [3.63, 3.8) is 0 Å². The molecule has 0 saturated carbocycles. The van der Waals surface area contributed by atoms with Crippen LogP contribution >= 0.6 is 0 Å². The van der Waals surface area contributed by atoms with Gasteiger partial charge in [0, 0.05) is 0 Å². The lowest BCUT2D eigenvalue weighted by molar-refractivity contribution is 0.0270. The number of hydrogen-bond acceptors (Lipinski definition) is 4. The fraction of sp³-hybridized carbons (Fsp3) is 0.600. The van der Waals surface area contributed by atoms with E-state index >= 15 is 0 Å². The lowest BCUT2D eigenvalue weighted by atomic mass is 10.1. The molecule has 2 atom stereocenters. The van der Waals surface area contributed by atoms with Crippen LogP contribution in [0.4, 0.5) is 0 Å². The van der Waals surface area contributed by atoms with Crippen molar-refractivity contribution in [2.24, 2.45) is 0 Å². The van der Waals surface area contributed by atoms with Crippen LogP contribution in [0.3, 0.4) is 0 Å². The number of hydrogen-bond donors (Lipinski definition) is 0. The van der Waals surface area contributed by atoms with Crippen LogP contribution in [-0.2, 0) is 9.47 Å². The summed E-state index contributed by atoms with van der Waals surface area (Å²) in [5.41, 5.74) is 0.782. The van der Waals surface area contributed by atoms with Crippen LogP contribution in [0.25, 0.3) is 0 Å². The van der Waals surface area contributed by atoms with Gasteiger partial charge < -0.3 is 9.47 Å². The minimum atomic E-state index is -0.384. The van der Waals surface area contributed by atoms with Crippen LogP contribution < -0.4 is 0 Å². The van der Waals surface area contributed by atoms with E-state index in [2.05, 4.69) is 13.8 Å². The maximum atomic E-state index is 12.3. The Bertz CT molecular complexity index is 481. The Hall–Kier alpha value is -1.84. The van der Waals surface area contributed by atoms with Gasteiger partial charge in [-0.05, 0) is 43.9 Å². The smallest absolute Gasteiger partial charge is 0.338 e. The quantitative estimate of drug-likeness (QED) is 0.555. The van der Waals surface area contributed by atoms with Crippen LogP contribution in [0.1, 0.15) is 86.9 Å². The second-order valence-electron chi connectivity index (χ2n) is 6.03. The van der Waals surface area contributed by atoms with E-state index in [4.69, 9.17) is 9.47 Å². The zero-order valence-corrected chi connectivity index (χ0v) is 15.3. The summed E-state index contributed by atoms with van der Waals surface area (Å²) in [5, 5.41) is 0. The van der Waals surface area contributed by atoms with Gasteiger partial charge in [-0.2, -0.15) is 0 Å². The molecule has 134 valence electrons. The van der Waals surface area contributed by atoms with Gasteiger partial charge >= 0.3 is 11.9 Å². The van der Waals surface area contributed by atoms with Crippen LogP contribution in [-0.4, -0.2) is 24.1 Å². The van der Waals surface area contributed by atoms with Crippen molar-refractivity contribution in [3.8, 4) is 0 Å². The first-order chi connectivity index (χ1) is 11.5. The molecule has 0 amide bonds. The van der Waals surface area contributed by atoms with E-state index in [9.17, 15) is 9.59 Å². The molecule has 24 heavy (non-hydrogen) atoms. The summed E-state index contributed by atoms with van der Waals surface area (Å²) < 4.78 is 11.0. The van der Waals surface area contributed by atoms with Crippen molar-refractivity contribution in [1.29, 1.82) is 0 Å². The topological polar surface area (TPSA) is 52.6 Å². The third kappa shape index (κ3) is 6.34. The molecule has 4 nitrogen and oxygen atoms in total. The van der Waals surface area contributed by atoms with Crippen molar-refractivity contribution in [1.82, 2.24) is 0 Å². The molecule has 4 heteroatoms. The predicted molar refractivity (Wildman–Crippen MR) is 95.2 cm³/mol. The van der Waals surface area contributed by atoms with E-state index in [0.717, 1.165) is 38.5 Å². The molecule has 0 heterocycles. The Morgan fingerprint density at radius 2 is 1.25 bits per heavy atom. The van der Waals surface area contributed by atoms with E-state index in [1.165, 1.54) is 0 Å². The van der Waals surface area contributed by atoms with E-state index in [1.54, 1.807) is 24.3 Å². The first-order valence-corrected chi connectivity index (χ1v) is 9.07. The number of benzene rings is 1. The fourth-order valence-electron chi connectivity index (χ4n) is 2.55. The molecule has 1 aromatic rings. The average Bonchev–Trinajstić information content (AvgIpc) is 2.60. The first kappa shape index (κ1) is 20.2. The summed E-state index contributed by atoms with van der Waals surface area (Å²) in [5.74, 6) is -0.768. The normalized spacial score (nSPS) is 13.2. The number of rotatable bonds is 10. The highest BCUT2D eigenvalue weighted by Gasteiger charge is 2.18. The Balaban J connectivity index is 2.78. The minimum absolute atomic E-state index is 0.0767. The Kier molecular flexibility index (Phi) is 9.13. The Morgan fingerprint density at radius 1 is 0.833 bits per heavy atom. The third-order valence-corrected chi connectivity index (χ3v) is 4.01. The lowest BCUT2D eigenvalue weighted by Crippen LogP contribution is -2.19. The van der Waals surface area contributed by atoms with Gasteiger partial charge in [0.05, 0.1) is 11.1 Å². The molecule has 0 radical (unpaired) electrons. The minimum Gasteiger partial charge on any atom is -0.459 e. The summed E-state index contributed by atoms with van der Waals surface area (Å²) in [4.78, 5) is 24.5. The molecule has 0 spiro atoms. The van der Waals surface area contributed by atoms with Crippen LogP contribution in [0.2, 0.25) is 0 Å². The molecule has 1 aromatic carbocycles. The summed E-state index contributed by atoms with van der Waals surface area (Å²) in [7, 11) is 0. The van der Waals surface area contributed by atoms with Crippen LogP contribution in [0.5, 0.6) is 0 Å². The highest BCUT2D eigenvalue weighted by Crippen LogP contribution is 2.15. The summed E-state index contributed by atoms with van der Waals surface area (Å²) >= 11 is 0. The molecule has 2 unspecified atom stereocenters. The highest BCUT2D eigenvalue weighted by molar-refractivity contribution is 5.95. The van der Waals surface area contributed by atoms with Gasteiger partial charge in [0.2, 0.25) is 0 Å². The molecule has 1 rings (SSSR count). The fourth-order valence-corrected chi connectivity index (χ4v) is 2.55. The lowest BCUT2D eigenvalue weighted by Gasteiger charge is -2.16. The van der Waals surface area contributed by atoms with Crippen molar-refractivity contribution in [2.75, 3.05) is 0 Å². The molecular formula is C20H30O4. The summed E-state index contributed by atoms with van der Waals surface area (Å²) in [6.07, 6.45) is 5.05. The van der Waals surface area contributed by atoms with Crippen molar-refractivity contribution in [3.05, 3.63) is 35.4 Å². The maximum Gasteiger partial charge on any atom is 0.338 e. The summed E-state index contributed by atoms with van der Waals surface area (Å²) in [6.45, 7) is 8.13.